The number of nitrogens with zero attached hydrogens (tertiary/aromatic N) is 1. The zero-order chi connectivity index (χ0) is 16.8. The zero-order valence-electron chi connectivity index (χ0n) is 13.9. The van der Waals surface area contributed by atoms with Crippen molar-refractivity contribution in [1.82, 2.24) is 9.88 Å². The lowest BCUT2D eigenvalue weighted by molar-refractivity contribution is -0.129. The second kappa shape index (κ2) is 7.64. The predicted molar refractivity (Wildman–Crippen MR) is 99.7 cm³/mol. The van der Waals surface area contributed by atoms with E-state index in [-0.39, 0.29) is 5.91 Å². The van der Waals surface area contributed by atoms with Crippen LogP contribution in [-0.4, -0.2) is 28.9 Å². The van der Waals surface area contributed by atoms with Crippen LogP contribution in [0.1, 0.15) is 18.1 Å². The van der Waals surface area contributed by atoms with E-state index in [9.17, 15) is 4.79 Å². The van der Waals surface area contributed by atoms with Crippen molar-refractivity contribution in [3.63, 3.8) is 0 Å². The van der Waals surface area contributed by atoms with Gasteiger partial charge in [0, 0.05) is 30.2 Å². The van der Waals surface area contributed by atoms with E-state index in [1.165, 1.54) is 0 Å². The molecule has 0 unspecified atom stereocenters. The van der Waals surface area contributed by atoms with Crippen LogP contribution in [0.25, 0.3) is 17.0 Å². The van der Waals surface area contributed by atoms with Crippen LogP contribution in [0.5, 0.6) is 0 Å². The Labute approximate surface area is 142 Å². The third-order valence-electron chi connectivity index (χ3n) is 4.19. The summed E-state index contributed by atoms with van der Waals surface area (Å²) < 4.78 is 0. The summed E-state index contributed by atoms with van der Waals surface area (Å²) in [6, 6.07) is 18.2. The maximum absolute atomic E-state index is 12.6. The first-order chi connectivity index (χ1) is 11.8. The maximum atomic E-state index is 12.6. The summed E-state index contributed by atoms with van der Waals surface area (Å²) in [5.74, 6) is 0.153. The third kappa shape index (κ3) is 3.74. The van der Waals surface area contributed by atoms with Crippen LogP contribution in [-0.2, 0) is 11.2 Å². The van der Waals surface area contributed by atoms with Crippen LogP contribution in [0.15, 0.2) is 66.9 Å². The number of aromatic amines is 1. The molecule has 1 N–H and O–H groups in total. The van der Waals surface area contributed by atoms with Crippen molar-refractivity contribution >= 4 is 22.9 Å². The highest BCUT2D eigenvalue weighted by atomic mass is 16.2. The Hall–Kier alpha value is -2.81. The van der Waals surface area contributed by atoms with Crippen molar-refractivity contribution in [2.45, 2.75) is 13.3 Å². The molecular formula is C21H22N2O. The van der Waals surface area contributed by atoms with Crippen molar-refractivity contribution < 1.29 is 4.79 Å². The van der Waals surface area contributed by atoms with Crippen LogP contribution < -0.4 is 0 Å². The highest BCUT2D eigenvalue weighted by molar-refractivity contribution is 5.88. The molecule has 2 aromatic carbocycles. The number of H-pyrrole nitrogens is 1. The molecule has 0 atom stereocenters. The lowest BCUT2D eigenvalue weighted by atomic mass is 10.1. The van der Waals surface area contributed by atoms with Crippen LogP contribution >= 0.6 is 0 Å². The fourth-order valence-corrected chi connectivity index (χ4v) is 2.84. The van der Waals surface area contributed by atoms with E-state index in [1.54, 1.807) is 0 Å². The van der Waals surface area contributed by atoms with Crippen molar-refractivity contribution in [3.8, 4) is 0 Å². The highest BCUT2D eigenvalue weighted by Gasteiger charge is 2.13. The first-order valence-electron chi connectivity index (χ1n) is 8.32. The Morgan fingerprint density at radius 1 is 1.08 bits per heavy atom. The normalized spacial score (nSPS) is 11.2. The molecule has 0 saturated carbocycles. The largest absolute Gasteiger partial charge is 0.361 e. The molecule has 3 nitrogen and oxygen atoms in total. The average Bonchev–Trinajstić information content (AvgIpc) is 3.03. The molecule has 3 aromatic rings. The van der Waals surface area contributed by atoms with Crippen molar-refractivity contribution in [2.75, 3.05) is 13.1 Å². The summed E-state index contributed by atoms with van der Waals surface area (Å²) in [4.78, 5) is 17.7. The first-order valence-corrected chi connectivity index (χ1v) is 8.32. The smallest absolute Gasteiger partial charge is 0.227 e. The Kier molecular flexibility index (Phi) is 5.12. The molecule has 24 heavy (non-hydrogen) atoms. The van der Waals surface area contributed by atoms with Gasteiger partial charge in [-0.05, 0) is 24.1 Å². The van der Waals surface area contributed by atoms with Crippen LogP contribution in [0, 0.1) is 0 Å². The van der Waals surface area contributed by atoms with Gasteiger partial charge in [-0.1, -0.05) is 60.7 Å². The molecule has 1 aromatic heterocycles. The predicted octanol–water partition coefficient (Wildman–Crippen LogP) is 4.27. The van der Waals surface area contributed by atoms with Gasteiger partial charge in [0.2, 0.25) is 5.91 Å². The Morgan fingerprint density at radius 2 is 1.83 bits per heavy atom. The van der Waals surface area contributed by atoms with Gasteiger partial charge in [0.25, 0.3) is 0 Å². The monoisotopic (exact) mass is 318 g/mol. The van der Waals surface area contributed by atoms with Crippen LogP contribution in [0.3, 0.4) is 0 Å². The lowest BCUT2D eigenvalue weighted by Gasteiger charge is -2.19. The van der Waals surface area contributed by atoms with E-state index in [4.69, 9.17) is 0 Å². The second-order valence-electron chi connectivity index (χ2n) is 5.78. The molecule has 122 valence electrons. The summed E-state index contributed by atoms with van der Waals surface area (Å²) in [6.07, 6.45) is 6.47. The fraction of sp³-hybridized carbons (Fsp3) is 0.190. The summed E-state index contributed by atoms with van der Waals surface area (Å²) in [5.41, 5.74) is 3.28. The molecule has 1 heterocycles. The highest BCUT2D eigenvalue weighted by Crippen LogP contribution is 2.18. The number of para-hydroxylation sites is 1. The minimum atomic E-state index is 0.153. The van der Waals surface area contributed by atoms with Gasteiger partial charge in [0.15, 0.2) is 0 Å². The number of likely N-dealkylation sites (N-methyl/N-ethyl adjacent to an activating group) is 1. The van der Waals surface area contributed by atoms with E-state index in [0.29, 0.717) is 19.5 Å². The summed E-state index contributed by atoms with van der Waals surface area (Å²) in [6.45, 7) is 3.36. The van der Waals surface area contributed by atoms with Crippen molar-refractivity contribution in [2.24, 2.45) is 0 Å². The Balaban J connectivity index is 1.65. The first kappa shape index (κ1) is 16.1. The molecule has 0 saturated heterocycles. The molecular weight excluding hydrogens is 296 g/mol. The van der Waals surface area contributed by atoms with Gasteiger partial charge in [-0.25, -0.2) is 0 Å². The molecule has 3 heteroatoms. The third-order valence-corrected chi connectivity index (χ3v) is 4.19. The van der Waals surface area contributed by atoms with Crippen molar-refractivity contribution in [1.29, 1.82) is 0 Å². The van der Waals surface area contributed by atoms with Crippen LogP contribution in [0.4, 0.5) is 0 Å². The summed E-state index contributed by atoms with van der Waals surface area (Å²) >= 11 is 0. The summed E-state index contributed by atoms with van der Waals surface area (Å²) in [7, 11) is 0. The number of hydrogen-bond donors (Lipinski definition) is 1. The number of carbonyl (C=O) groups is 1. The van der Waals surface area contributed by atoms with Gasteiger partial charge < -0.3 is 9.88 Å². The number of benzene rings is 2. The van der Waals surface area contributed by atoms with E-state index in [2.05, 4.69) is 29.3 Å². The number of amides is 1. The van der Waals surface area contributed by atoms with E-state index in [0.717, 1.165) is 22.0 Å². The topological polar surface area (TPSA) is 36.1 Å². The molecule has 0 fully saturated rings. The number of hydrogen-bond acceptors (Lipinski definition) is 1. The molecule has 0 aliphatic heterocycles. The number of rotatable bonds is 6. The molecule has 0 radical (unpaired) electrons. The van der Waals surface area contributed by atoms with Crippen molar-refractivity contribution in [3.05, 3.63) is 78.0 Å². The number of nitrogens with one attached hydrogen (secondary N) is 1. The van der Waals surface area contributed by atoms with Gasteiger partial charge in [-0.15, -0.1) is 0 Å². The van der Waals surface area contributed by atoms with Gasteiger partial charge in [0.05, 0.1) is 6.42 Å². The second-order valence-corrected chi connectivity index (χ2v) is 5.78. The number of aromatic nitrogens is 1. The minimum absolute atomic E-state index is 0.153. The maximum Gasteiger partial charge on any atom is 0.227 e. The molecule has 0 bridgehead atoms. The summed E-state index contributed by atoms with van der Waals surface area (Å²) in [5, 5.41) is 1.13. The number of carbonyl (C=O) groups excluding carboxylic acids is 1. The minimum Gasteiger partial charge on any atom is -0.361 e. The van der Waals surface area contributed by atoms with Gasteiger partial charge >= 0.3 is 0 Å². The SMILES string of the molecule is CCN(CC=Cc1ccccc1)C(=O)Cc1c[nH]c2ccccc12. The van der Waals surface area contributed by atoms with E-state index in [1.807, 2.05) is 60.5 Å². The van der Waals surface area contributed by atoms with Gasteiger partial charge in [-0.3, -0.25) is 4.79 Å². The lowest BCUT2D eigenvalue weighted by Crippen LogP contribution is -2.32. The fourth-order valence-electron chi connectivity index (χ4n) is 2.84. The standard InChI is InChI=1S/C21H22N2O/c1-2-23(14-8-11-17-9-4-3-5-10-17)21(24)15-18-16-22-20-13-7-6-12-19(18)20/h3-13,16,22H,2,14-15H2,1H3. The molecule has 0 aliphatic rings. The molecule has 1 amide bonds. The zero-order valence-corrected chi connectivity index (χ0v) is 13.9. The Bertz CT molecular complexity index is 833. The molecule has 3 rings (SSSR count). The van der Waals surface area contributed by atoms with E-state index >= 15 is 0 Å². The number of fused-ring (bicyclic) bond motifs is 1. The van der Waals surface area contributed by atoms with Gasteiger partial charge in [-0.2, -0.15) is 0 Å². The Morgan fingerprint density at radius 3 is 2.62 bits per heavy atom. The average molecular weight is 318 g/mol. The van der Waals surface area contributed by atoms with Crippen LogP contribution in [0.2, 0.25) is 0 Å². The molecule has 0 aliphatic carbocycles. The quantitative estimate of drug-likeness (QED) is 0.724. The van der Waals surface area contributed by atoms with E-state index < -0.39 is 0 Å². The molecule has 0 spiro atoms. The van der Waals surface area contributed by atoms with Gasteiger partial charge in [0.1, 0.15) is 0 Å².